The van der Waals surface area contributed by atoms with E-state index in [0.29, 0.717) is 36.2 Å². The van der Waals surface area contributed by atoms with Crippen LogP contribution < -0.4 is 9.62 Å². The highest BCUT2D eigenvalue weighted by Gasteiger charge is 2.44. The summed E-state index contributed by atoms with van der Waals surface area (Å²) in [6.45, 7) is 4.77. The Morgan fingerprint density at radius 3 is 2.37 bits per heavy atom. The first-order valence-corrected chi connectivity index (χ1v) is 11.1. The molecule has 3 rings (SSSR count). The van der Waals surface area contributed by atoms with Crippen molar-refractivity contribution in [2.24, 2.45) is 0 Å². The molecule has 0 aliphatic carbocycles. The molecule has 0 amide bonds. The van der Waals surface area contributed by atoms with Crippen molar-refractivity contribution in [3.63, 3.8) is 0 Å². The summed E-state index contributed by atoms with van der Waals surface area (Å²) in [6, 6.07) is 5.52. The van der Waals surface area contributed by atoms with Gasteiger partial charge in [0.1, 0.15) is 11.8 Å². The summed E-state index contributed by atoms with van der Waals surface area (Å²) in [4.78, 5) is 1.40. The molecule has 0 radical (unpaired) electrons. The molecule has 2 N–H and O–H groups in total. The monoisotopic (exact) mass is 442 g/mol. The van der Waals surface area contributed by atoms with E-state index in [1.807, 2.05) is 4.72 Å². The van der Waals surface area contributed by atoms with Crippen LogP contribution in [-0.4, -0.2) is 38.8 Å². The Balaban J connectivity index is 1.92. The van der Waals surface area contributed by atoms with Crippen molar-refractivity contribution >= 4 is 15.7 Å². The molecule has 1 atom stereocenters. The molecule has 0 bridgehead atoms. The van der Waals surface area contributed by atoms with Gasteiger partial charge in [0.05, 0.1) is 4.90 Å². The summed E-state index contributed by atoms with van der Waals surface area (Å²) >= 11 is 0. The maximum atomic E-state index is 13.8. The van der Waals surface area contributed by atoms with E-state index in [4.69, 9.17) is 0 Å². The van der Waals surface area contributed by atoms with Gasteiger partial charge in [-0.1, -0.05) is 17.7 Å². The molecule has 1 heterocycles. The molecule has 1 aliphatic heterocycles. The molecular formula is C21H25F3N2O3S. The fourth-order valence-corrected chi connectivity index (χ4v) is 5.78. The Bertz CT molecular complexity index is 1030. The largest absolute Gasteiger partial charge is 0.508 e. The minimum atomic E-state index is -4.77. The summed E-state index contributed by atoms with van der Waals surface area (Å²) in [5.41, 5.74) is 2.97. The Hall–Kier alpha value is -2.26. The van der Waals surface area contributed by atoms with E-state index >= 15 is 0 Å². The molecule has 2 aromatic carbocycles. The molecular weight excluding hydrogens is 417 g/mol. The van der Waals surface area contributed by atoms with Crippen molar-refractivity contribution in [1.82, 2.24) is 4.72 Å². The average molecular weight is 443 g/mol. The van der Waals surface area contributed by atoms with Crippen LogP contribution in [0.4, 0.5) is 18.9 Å². The van der Waals surface area contributed by atoms with Crippen LogP contribution in [-0.2, 0) is 16.4 Å². The van der Waals surface area contributed by atoms with Crippen LogP contribution in [0.1, 0.15) is 28.7 Å². The maximum absolute atomic E-state index is 13.8. The van der Waals surface area contributed by atoms with Crippen LogP contribution in [0.2, 0.25) is 0 Å². The lowest BCUT2D eigenvalue weighted by atomic mass is 10.0. The van der Waals surface area contributed by atoms with Crippen molar-refractivity contribution < 1.29 is 26.7 Å². The number of phenolic OH excluding ortho intramolecular Hbond substituents is 1. The van der Waals surface area contributed by atoms with E-state index in [0.717, 1.165) is 11.1 Å². The quantitative estimate of drug-likeness (QED) is 0.735. The van der Waals surface area contributed by atoms with Crippen LogP contribution in [0, 0.1) is 20.8 Å². The minimum Gasteiger partial charge on any atom is -0.508 e. The first kappa shape index (κ1) is 22.4. The van der Waals surface area contributed by atoms with Gasteiger partial charge in [-0.2, -0.15) is 17.9 Å². The highest BCUT2D eigenvalue weighted by molar-refractivity contribution is 7.89. The van der Waals surface area contributed by atoms with Crippen molar-refractivity contribution in [3.8, 4) is 5.75 Å². The zero-order chi connectivity index (χ0) is 22.3. The van der Waals surface area contributed by atoms with Crippen molar-refractivity contribution in [1.29, 1.82) is 0 Å². The fourth-order valence-electron chi connectivity index (χ4n) is 4.12. The van der Waals surface area contributed by atoms with Crippen molar-refractivity contribution in [2.45, 2.75) is 50.7 Å². The number of fused-ring (bicyclic) bond motifs is 1. The maximum Gasteiger partial charge on any atom is 0.406 e. The van der Waals surface area contributed by atoms with Gasteiger partial charge in [0, 0.05) is 18.8 Å². The zero-order valence-electron chi connectivity index (χ0n) is 17.0. The first-order valence-electron chi connectivity index (χ1n) is 9.62. The second-order valence-electron chi connectivity index (χ2n) is 7.81. The molecule has 0 saturated carbocycles. The lowest BCUT2D eigenvalue weighted by Gasteiger charge is -2.35. The molecule has 164 valence electrons. The molecule has 9 heteroatoms. The Morgan fingerprint density at radius 1 is 1.13 bits per heavy atom. The predicted molar refractivity (Wildman–Crippen MR) is 109 cm³/mol. The number of halogens is 3. The Kier molecular flexibility index (Phi) is 6.06. The minimum absolute atomic E-state index is 0.0500. The molecule has 30 heavy (non-hydrogen) atoms. The third-order valence-electron chi connectivity index (χ3n) is 5.25. The number of benzene rings is 2. The standard InChI is InChI=1S/C21H25F3N2O3S/c1-13-9-14(2)20(15(3)10-13)30(28,29)25-19(21(22,23)24)12-26-8-4-5-16-11-17(27)6-7-18(16)26/h6-7,9-11,19,25,27H,4-5,8,12H2,1-3H3. The molecule has 1 unspecified atom stereocenters. The number of sulfonamides is 1. The number of nitrogens with one attached hydrogen (secondary N) is 1. The number of nitrogens with zero attached hydrogens (tertiary/aromatic N) is 1. The van der Waals surface area contributed by atoms with Crippen LogP contribution >= 0.6 is 0 Å². The number of hydrogen-bond acceptors (Lipinski definition) is 4. The van der Waals surface area contributed by atoms with E-state index in [1.54, 1.807) is 39.0 Å². The summed E-state index contributed by atoms with van der Waals surface area (Å²) in [5, 5.41) is 9.65. The summed E-state index contributed by atoms with van der Waals surface area (Å²) in [6.07, 6.45) is -3.51. The van der Waals surface area contributed by atoms with Gasteiger partial charge in [-0.05, 0) is 68.5 Å². The lowest BCUT2D eigenvalue weighted by molar-refractivity contribution is -0.149. The van der Waals surface area contributed by atoms with E-state index in [2.05, 4.69) is 0 Å². The predicted octanol–water partition coefficient (Wildman–Crippen LogP) is 3.98. The zero-order valence-corrected chi connectivity index (χ0v) is 17.9. The molecule has 0 fully saturated rings. The van der Waals surface area contributed by atoms with Crippen molar-refractivity contribution in [2.75, 3.05) is 18.0 Å². The molecule has 1 aliphatic rings. The second kappa shape index (κ2) is 8.11. The number of phenols is 1. The van der Waals surface area contributed by atoms with Gasteiger partial charge >= 0.3 is 6.18 Å². The topological polar surface area (TPSA) is 69.6 Å². The van der Waals surface area contributed by atoms with Crippen LogP contribution in [0.5, 0.6) is 5.75 Å². The van der Waals surface area contributed by atoms with Crippen LogP contribution in [0.25, 0.3) is 0 Å². The Labute approximate surface area is 174 Å². The number of aromatic hydroxyl groups is 1. The van der Waals surface area contributed by atoms with E-state index in [1.165, 1.54) is 17.0 Å². The smallest absolute Gasteiger partial charge is 0.406 e. The molecule has 0 saturated heterocycles. The van der Waals surface area contributed by atoms with E-state index < -0.39 is 28.8 Å². The number of anilines is 1. The summed E-state index contributed by atoms with van der Waals surface area (Å²) in [5.74, 6) is 0.0500. The van der Waals surface area contributed by atoms with Gasteiger partial charge in [-0.15, -0.1) is 0 Å². The number of aryl methyl sites for hydroxylation is 4. The average Bonchev–Trinajstić information content (AvgIpc) is 2.58. The van der Waals surface area contributed by atoms with Gasteiger partial charge < -0.3 is 10.0 Å². The van der Waals surface area contributed by atoms with E-state index in [9.17, 15) is 26.7 Å². The summed E-state index contributed by atoms with van der Waals surface area (Å²) in [7, 11) is -4.39. The van der Waals surface area contributed by atoms with Gasteiger partial charge in [-0.3, -0.25) is 0 Å². The number of hydrogen-bond donors (Lipinski definition) is 2. The molecule has 0 aromatic heterocycles. The SMILES string of the molecule is Cc1cc(C)c(S(=O)(=O)NC(CN2CCCc3cc(O)ccc32)C(F)(F)F)c(C)c1. The van der Waals surface area contributed by atoms with Crippen LogP contribution in [0.15, 0.2) is 35.2 Å². The highest BCUT2D eigenvalue weighted by atomic mass is 32.2. The van der Waals surface area contributed by atoms with Crippen LogP contribution in [0.3, 0.4) is 0 Å². The first-order chi connectivity index (χ1) is 13.9. The lowest BCUT2D eigenvalue weighted by Crippen LogP contribution is -2.53. The highest BCUT2D eigenvalue weighted by Crippen LogP contribution is 2.32. The normalized spacial score (nSPS) is 15.7. The number of alkyl halides is 3. The summed E-state index contributed by atoms with van der Waals surface area (Å²) < 4.78 is 69.2. The van der Waals surface area contributed by atoms with Gasteiger partial charge in [0.15, 0.2) is 0 Å². The van der Waals surface area contributed by atoms with E-state index in [-0.39, 0.29) is 10.6 Å². The second-order valence-corrected chi connectivity index (χ2v) is 9.46. The molecule has 5 nitrogen and oxygen atoms in total. The van der Waals surface area contributed by atoms with Gasteiger partial charge in [0.2, 0.25) is 10.0 Å². The third kappa shape index (κ3) is 4.73. The van der Waals surface area contributed by atoms with Gasteiger partial charge in [0.25, 0.3) is 0 Å². The number of rotatable bonds is 5. The third-order valence-corrected chi connectivity index (χ3v) is 7.02. The Morgan fingerprint density at radius 2 is 1.77 bits per heavy atom. The van der Waals surface area contributed by atoms with Crippen molar-refractivity contribution in [3.05, 3.63) is 52.6 Å². The van der Waals surface area contributed by atoms with Gasteiger partial charge in [-0.25, -0.2) is 8.42 Å². The molecule has 0 spiro atoms. The molecule has 2 aromatic rings. The fraction of sp³-hybridized carbons (Fsp3) is 0.429.